The Kier molecular flexibility index (Phi) is 5.62. The van der Waals surface area contributed by atoms with Gasteiger partial charge in [-0.3, -0.25) is 4.79 Å². The number of piperidine rings is 1. The van der Waals surface area contributed by atoms with E-state index >= 15 is 0 Å². The number of aryl methyl sites for hydroxylation is 1. The molecule has 0 unspecified atom stereocenters. The van der Waals surface area contributed by atoms with E-state index in [-0.39, 0.29) is 5.91 Å². The Morgan fingerprint density at radius 3 is 2.67 bits per heavy atom. The van der Waals surface area contributed by atoms with Crippen LogP contribution in [-0.2, 0) is 0 Å². The molecule has 1 aromatic carbocycles. The molecule has 2 N–H and O–H groups in total. The highest BCUT2D eigenvalue weighted by Crippen LogP contribution is 2.19. The van der Waals surface area contributed by atoms with Gasteiger partial charge in [0.25, 0.3) is 5.91 Å². The smallest absolute Gasteiger partial charge is 0.251 e. The number of rotatable bonds is 5. The van der Waals surface area contributed by atoms with Gasteiger partial charge in [-0.1, -0.05) is 0 Å². The molecule has 1 aromatic rings. The number of amides is 1. The maximum atomic E-state index is 12.2. The van der Waals surface area contributed by atoms with E-state index in [1.807, 2.05) is 32.2 Å². The van der Waals surface area contributed by atoms with Gasteiger partial charge in [-0.05, 0) is 76.0 Å². The fraction of sp³-hybridized carbons (Fsp3) is 0.588. The minimum atomic E-state index is 0.0445. The number of benzene rings is 1. The van der Waals surface area contributed by atoms with Gasteiger partial charge in [0.15, 0.2) is 0 Å². The zero-order chi connectivity index (χ0) is 15.2. The SMILES string of the molecule is CNc1ccc(C(=O)NCCC2CCN(C)CC2)c(C)c1. The summed E-state index contributed by atoms with van der Waals surface area (Å²) in [5, 5.41) is 6.15. The topological polar surface area (TPSA) is 44.4 Å². The predicted molar refractivity (Wildman–Crippen MR) is 87.9 cm³/mol. The average Bonchev–Trinajstić information content (AvgIpc) is 2.49. The van der Waals surface area contributed by atoms with Crippen molar-refractivity contribution in [3.05, 3.63) is 29.3 Å². The molecule has 116 valence electrons. The number of likely N-dealkylation sites (tertiary alicyclic amines) is 1. The van der Waals surface area contributed by atoms with E-state index in [4.69, 9.17) is 0 Å². The fourth-order valence-corrected chi connectivity index (χ4v) is 2.91. The molecule has 0 radical (unpaired) electrons. The lowest BCUT2D eigenvalue weighted by atomic mass is 9.94. The van der Waals surface area contributed by atoms with Gasteiger partial charge in [0, 0.05) is 24.8 Å². The van der Waals surface area contributed by atoms with Crippen molar-refractivity contribution in [2.45, 2.75) is 26.2 Å². The molecule has 1 aliphatic rings. The Morgan fingerprint density at radius 2 is 2.05 bits per heavy atom. The highest BCUT2D eigenvalue weighted by atomic mass is 16.1. The molecule has 1 aliphatic heterocycles. The van der Waals surface area contributed by atoms with Crippen molar-refractivity contribution < 1.29 is 4.79 Å². The van der Waals surface area contributed by atoms with Crippen LogP contribution >= 0.6 is 0 Å². The molecule has 1 heterocycles. The summed E-state index contributed by atoms with van der Waals surface area (Å²) in [5.74, 6) is 0.803. The molecule has 21 heavy (non-hydrogen) atoms. The molecular weight excluding hydrogens is 262 g/mol. The van der Waals surface area contributed by atoms with Crippen LogP contribution in [0.3, 0.4) is 0 Å². The first-order valence-electron chi connectivity index (χ1n) is 7.85. The molecule has 0 aliphatic carbocycles. The van der Waals surface area contributed by atoms with Gasteiger partial charge in [0.2, 0.25) is 0 Å². The lowest BCUT2D eigenvalue weighted by molar-refractivity contribution is 0.0948. The van der Waals surface area contributed by atoms with E-state index in [0.717, 1.165) is 35.7 Å². The Labute approximate surface area is 127 Å². The highest BCUT2D eigenvalue weighted by Gasteiger charge is 2.16. The van der Waals surface area contributed by atoms with Gasteiger partial charge in [-0.25, -0.2) is 0 Å². The third kappa shape index (κ3) is 4.46. The summed E-state index contributed by atoms with van der Waals surface area (Å²) in [7, 11) is 4.06. The van der Waals surface area contributed by atoms with Crippen LogP contribution in [0, 0.1) is 12.8 Å². The van der Waals surface area contributed by atoms with E-state index in [0.29, 0.717) is 0 Å². The largest absolute Gasteiger partial charge is 0.388 e. The van der Waals surface area contributed by atoms with Crippen LogP contribution in [0.2, 0.25) is 0 Å². The van der Waals surface area contributed by atoms with E-state index in [2.05, 4.69) is 22.6 Å². The van der Waals surface area contributed by atoms with Crippen LogP contribution in [0.15, 0.2) is 18.2 Å². The first kappa shape index (κ1) is 15.8. The summed E-state index contributed by atoms with van der Waals surface area (Å²) in [6.07, 6.45) is 3.59. The van der Waals surface area contributed by atoms with Gasteiger partial charge in [0.05, 0.1) is 0 Å². The van der Waals surface area contributed by atoms with Gasteiger partial charge >= 0.3 is 0 Å². The third-order valence-corrected chi connectivity index (χ3v) is 4.44. The quantitative estimate of drug-likeness (QED) is 0.875. The van der Waals surface area contributed by atoms with E-state index < -0.39 is 0 Å². The second-order valence-electron chi connectivity index (χ2n) is 6.07. The molecule has 2 rings (SSSR count). The second kappa shape index (κ2) is 7.46. The van der Waals surface area contributed by atoms with Crippen LogP contribution in [-0.4, -0.2) is 44.5 Å². The van der Waals surface area contributed by atoms with Crippen molar-refractivity contribution >= 4 is 11.6 Å². The molecule has 0 atom stereocenters. The van der Waals surface area contributed by atoms with E-state index in [9.17, 15) is 4.79 Å². The third-order valence-electron chi connectivity index (χ3n) is 4.44. The summed E-state index contributed by atoms with van der Waals surface area (Å²) in [6.45, 7) is 5.12. The number of anilines is 1. The van der Waals surface area contributed by atoms with Gasteiger partial charge in [-0.2, -0.15) is 0 Å². The summed E-state index contributed by atoms with van der Waals surface area (Å²) in [4.78, 5) is 14.6. The zero-order valence-corrected chi connectivity index (χ0v) is 13.4. The first-order chi connectivity index (χ1) is 10.1. The molecule has 0 spiro atoms. The molecular formula is C17H27N3O. The number of hydrogen-bond acceptors (Lipinski definition) is 3. The summed E-state index contributed by atoms with van der Waals surface area (Å²) in [5.41, 5.74) is 2.83. The minimum Gasteiger partial charge on any atom is -0.388 e. The minimum absolute atomic E-state index is 0.0445. The van der Waals surface area contributed by atoms with Gasteiger partial charge in [-0.15, -0.1) is 0 Å². The molecule has 4 nitrogen and oxygen atoms in total. The Hall–Kier alpha value is -1.55. The van der Waals surface area contributed by atoms with Crippen molar-refractivity contribution in [1.82, 2.24) is 10.2 Å². The van der Waals surface area contributed by atoms with E-state index in [1.165, 1.54) is 25.9 Å². The Balaban J connectivity index is 1.79. The van der Waals surface area contributed by atoms with Crippen molar-refractivity contribution in [3.8, 4) is 0 Å². The number of nitrogens with one attached hydrogen (secondary N) is 2. The standard InChI is InChI=1S/C17H27N3O/c1-13-12-15(18-2)4-5-16(13)17(21)19-9-6-14-7-10-20(3)11-8-14/h4-5,12,14,18H,6-11H2,1-3H3,(H,19,21). The van der Waals surface area contributed by atoms with Crippen molar-refractivity contribution in [3.63, 3.8) is 0 Å². The van der Waals surface area contributed by atoms with Crippen molar-refractivity contribution in [2.24, 2.45) is 5.92 Å². The van der Waals surface area contributed by atoms with Crippen LogP contribution in [0.1, 0.15) is 35.2 Å². The maximum absolute atomic E-state index is 12.2. The molecule has 1 saturated heterocycles. The average molecular weight is 289 g/mol. The zero-order valence-electron chi connectivity index (χ0n) is 13.4. The molecule has 0 saturated carbocycles. The first-order valence-corrected chi connectivity index (χ1v) is 7.85. The monoisotopic (exact) mass is 289 g/mol. The lowest BCUT2D eigenvalue weighted by Crippen LogP contribution is -2.32. The normalized spacial score (nSPS) is 16.7. The maximum Gasteiger partial charge on any atom is 0.251 e. The molecule has 0 aromatic heterocycles. The van der Waals surface area contributed by atoms with Crippen molar-refractivity contribution in [2.75, 3.05) is 39.0 Å². The predicted octanol–water partition coefficient (Wildman–Crippen LogP) is 2.50. The summed E-state index contributed by atoms with van der Waals surface area (Å²) >= 11 is 0. The molecule has 0 bridgehead atoms. The van der Waals surface area contributed by atoms with Gasteiger partial charge in [0.1, 0.15) is 0 Å². The van der Waals surface area contributed by atoms with Crippen LogP contribution in [0.4, 0.5) is 5.69 Å². The number of hydrogen-bond donors (Lipinski definition) is 2. The Bertz CT molecular complexity index is 479. The van der Waals surface area contributed by atoms with Crippen LogP contribution in [0.5, 0.6) is 0 Å². The number of carbonyl (C=O) groups is 1. The van der Waals surface area contributed by atoms with Gasteiger partial charge < -0.3 is 15.5 Å². The number of carbonyl (C=O) groups excluding carboxylic acids is 1. The molecule has 1 fully saturated rings. The van der Waals surface area contributed by atoms with Crippen LogP contribution < -0.4 is 10.6 Å². The lowest BCUT2D eigenvalue weighted by Gasteiger charge is -2.28. The van der Waals surface area contributed by atoms with E-state index in [1.54, 1.807) is 0 Å². The van der Waals surface area contributed by atoms with Crippen LogP contribution in [0.25, 0.3) is 0 Å². The highest BCUT2D eigenvalue weighted by molar-refractivity contribution is 5.96. The summed E-state index contributed by atoms with van der Waals surface area (Å²) < 4.78 is 0. The second-order valence-corrected chi connectivity index (χ2v) is 6.07. The van der Waals surface area contributed by atoms with Crippen molar-refractivity contribution in [1.29, 1.82) is 0 Å². The fourth-order valence-electron chi connectivity index (χ4n) is 2.91. The molecule has 4 heteroatoms. The number of nitrogens with zero attached hydrogens (tertiary/aromatic N) is 1. The summed E-state index contributed by atoms with van der Waals surface area (Å²) in [6, 6.07) is 5.84. The Morgan fingerprint density at radius 1 is 1.33 bits per heavy atom. The molecule has 1 amide bonds.